The lowest BCUT2D eigenvalue weighted by molar-refractivity contribution is -0.166. The van der Waals surface area contributed by atoms with E-state index in [1.54, 1.807) is 0 Å². The van der Waals surface area contributed by atoms with Crippen molar-refractivity contribution >= 4 is 33.9 Å². The van der Waals surface area contributed by atoms with Crippen molar-refractivity contribution in [2.24, 2.45) is 63.1 Å². The van der Waals surface area contributed by atoms with Gasteiger partial charge in [0.25, 0.3) is 0 Å². The van der Waals surface area contributed by atoms with E-state index in [0.29, 0.717) is 24.2 Å². The Morgan fingerprint density at radius 2 is 1.72 bits per heavy atom. The molecule has 0 aromatic carbocycles. The molecule has 10 nitrogen and oxygen atoms in total. The number of carbonyl (C=O) groups excluding carboxylic acids is 4. The quantitative estimate of drug-likeness (QED) is 0.185. The maximum absolute atomic E-state index is 14.0. The summed E-state index contributed by atoms with van der Waals surface area (Å²) < 4.78 is 47.6. The van der Waals surface area contributed by atoms with Crippen LogP contribution in [0.2, 0.25) is 0 Å². The van der Waals surface area contributed by atoms with E-state index in [0.717, 1.165) is 25.7 Å². The van der Waals surface area contributed by atoms with Gasteiger partial charge in [-0.15, -0.1) is 0 Å². The predicted octanol–water partition coefficient (Wildman–Crippen LogP) is 5.32. The van der Waals surface area contributed by atoms with Gasteiger partial charge < -0.3 is 9.47 Å². The van der Waals surface area contributed by atoms with Gasteiger partial charge in [0.2, 0.25) is 0 Å². The average molecular weight is 663 g/mol. The fourth-order valence-electron chi connectivity index (χ4n) is 11.8. The van der Waals surface area contributed by atoms with E-state index in [9.17, 15) is 27.6 Å². The molecule has 4 saturated carbocycles. The van der Waals surface area contributed by atoms with Crippen molar-refractivity contribution < 1.29 is 45.8 Å². The predicted molar refractivity (Wildman–Crippen MR) is 168 cm³/mol. The Bertz CT molecular complexity index is 1480. The van der Waals surface area contributed by atoms with Crippen LogP contribution in [0.4, 0.5) is 0 Å². The summed E-state index contributed by atoms with van der Waals surface area (Å²) in [4.78, 5) is 51.7. The molecule has 4 fully saturated rings. The number of rotatable bonds is 10. The fourth-order valence-corrected chi connectivity index (χ4v) is 12.2. The fraction of sp³-hybridized carbons (Fsp3) is 0.771. The molecule has 5 aliphatic rings. The summed E-state index contributed by atoms with van der Waals surface area (Å²) >= 11 is 0. The Morgan fingerprint density at radius 1 is 1.07 bits per heavy atom. The Morgan fingerprint density at radius 3 is 2.30 bits per heavy atom. The molecule has 0 radical (unpaired) electrons. The maximum atomic E-state index is 14.0. The number of ether oxygens (including phenoxy) is 2. The SMILES string of the molecule is C=C(C(=O)[C@H](OC(C)=O)C(C)C1[C@@H](OC(C)=O)C[C@@]2(C)[C@@H]3CCC4[C@H](C)C(=O)C=CC45[C@@H](C)[C@@]35CC[C@]12C)[C@@H](C)COS(=O)(=O)O. The molecule has 0 heterocycles. The van der Waals surface area contributed by atoms with Gasteiger partial charge in [0, 0.05) is 42.9 Å². The summed E-state index contributed by atoms with van der Waals surface area (Å²) in [5.41, 5.74) is -0.653. The minimum absolute atomic E-state index is 0.000818. The van der Waals surface area contributed by atoms with Crippen molar-refractivity contribution in [1.29, 1.82) is 0 Å². The number of allylic oxidation sites excluding steroid dienone is 2. The highest BCUT2D eigenvalue weighted by Crippen LogP contribution is 2.89. The number of hydrogen-bond donors (Lipinski definition) is 1. The van der Waals surface area contributed by atoms with Crippen molar-refractivity contribution in [3.63, 3.8) is 0 Å². The van der Waals surface area contributed by atoms with Crippen molar-refractivity contribution in [2.45, 2.75) is 99.7 Å². The first-order valence-electron chi connectivity index (χ1n) is 16.6. The third kappa shape index (κ3) is 4.88. The highest BCUT2D eigenvalue weighted by Gasteiger charge is 2.85. The zero-order valence-corrected chi connectivity index (χ0v) is 29.1. The number of esters is 2. The second kappa shape index (κ2) is 11.4. The van der Waals surface area contributed by atoms with Gasteiger partial charge in [0.05, 0.1) is 6.61 Å². The Hall–Kier alpha value is -2.37. The molecule has 0 saturated heterocycles. The first kappa shape index (κ1) is 35.0. The van der Waals surface area contributed by atoms with Gasteiger partial charge in [0.1, 0.15) is 6.10 Å². The largest absolute Gasteiger partial charge is 0.462 e. The molecular weight excluding hydrogens is 612 g/mol. The second-order valence-electron chi connectivity index (χ2n) is 15.6. The molecule has 4 unspecified atom stereocenters. The van der Waals surface area contributed by atoms with Crippen molar-refractivity contribution in [2.75, 3.05) is 6.61 Å². The van der Waals surface area contributed by atoms with Crippen LogP contribution in [0, 0.1) is 63.1 Å². The van der Waals surface area contributed by atoms with Crippen LogP contribution in [-0.4, -0.2) is 55.3 Å². The third-order valence-electron chi connectivity index (χ3n) is 14.0. The molecule has 0 amide bonds. The van der Waals surface area contributed by atoms with Crippen molar-refractivity contribution in [1.82, 2.24) is 0 Å². The molecule has 1 N–H and O–H groups in total. The number of ketones is 2. The second-order valence-corrected chi connectivity index (χ2v) is 16.7. The summed E-state index contributed by atoms with van der Waals surface area (Å²) in [5.74, 6) is -2.12. The van der Waals surface area contributed by atoms with E-state index >= 15 is 0 Å². The highest BCUT2D eigenvalue weighted by atomic mass is 32.3. The summed E-state index contributed by atoms with van der Waals surface area (Å²) in [6.07, 6.45) is 6.57. The van der Waals surface area contributed by atoms with Gasteiger partial charge in [-0.1, -0.05) is 54.2 Å². The topological polar surface area (TPSA) is 150 Å². The molecule has 256 valence electrons. The van der Waals surface area contributed by atoms with Gasteiger partial charge in [-0.3, -0.25) is 23.7 Å². The molecule has 0 bridgehead atoms. The summed E-state index contributed by atoms with van der Waals surface area (Å²) in [7, 11) is -4.73. The van der Waals surface area contributed by atoms with Crippen LogP contribution >= 0.6 is 0 Å². The van der Waals surface area contributed by atoms with Crippen LogP contribution in [0.25, 0.3) is 0 Å². The van der Waals surface area contributed by atoms with Gasteiger partial charge >= 0.3 is 22.3 Å². The minimum atomic E-state index is -4.73. The Balaban J connectivity index is 1.52. The van der Waals surface area contributed by atoms with Gasteiger partial charge in [0.15, 0.2) is 17.7 Å². The summed E-state index contributed by atoms with van der Waals surface area (Å²) in [5, 5.41) is 0. The van der Waals surface area contributed by atoms with Crippen molar-refractivity contribution in [3.05, 3.63) is 24.3 Å². The zero-order chi connectivity index (χ0) is 34.4. The van der Waals surface area contributed by atoms with Crippen LogP contribution in [0.3, 0.4) is 0 Å². The van der Waals surface area contributed by atoms with E-state index in [1.165, 1.54) is 20.8 Å². The Kier molecular flexibility index (Phi) is 8.63. The molecule has 5 aliphatic carbocycles. The smallest absolute Gasteiger partial charge is 0.397 e. The van der Waals surface area contributed by atoms with E-state index < -0.39 is 64.2 Å². The highest BCUT2D eigenvalue weighted by molar-refractivity contribution is 7.80. The standard InChI is InChI=1S/C35H50O10S/c1-18(17-43-46(40,41)42)19(2)30(39)31(45-24(7)37)21(4)29-27(44-23(6)36)16-33(9)28-11-10-25-20(3)26(38)12-13-34(25)22(5)35(28,34)15-14-32(29,33)8/h12-13,18,20-22,25,27-29,31H,2,10-11,14-17H2,1,3-9H3,(H,40,41,42)/t18-,20-,21?,22+,25?,27-,28-,29?,31+,32+,33-,34?,35-/m0/s1. The van der Waals surface area contributed by atoms with Crippen LogP contribution in [0.15, 0.2) is 24.3 Å². The lowest BCUT2D eigenvalue weighted by Gasteiger charge is -2.61. The minimum Gasteiger partial charge on any atom is -0.462 e. The molecule has 2 spiro atoms. The lowest BCUT2D eigenvalue weighted by Crippen LogP contribution is -2.56. The van der Waals surface area contributed by atoms with Gasteiger partial charge in [-0.25, -0.2) is 4.18 Å². The first-order valence-corrected chi connectivity index (χ1v) is 18.0. The number of fused-ring (bicyclic) bond motifs is 2. The molecule has 46 heavy (non-hydrogen) atoms. The molecule has 13 atom stereocenters. The average Bonchev–Trinajstić information content (AvgIpc) is 3.39. The lowest BCUT2D eigenvalue weighted by atomic mass is 9.43. The molecule has 0 aromatic rings. The van der Waals surface area contributed by atoms with Gasteiger partial charge in [-0.05, 0) is 77.8 Å². The third-order valence-corrected chi connectivity index (χ3v) is 14.4. The molecular formula is C35H50O10S. The monoisotopic (exact) mass is 662 g/mol. The van der Waals surface area contributed by atoms with E-state index in [-0.39, 0.29) is 39.4 Å². The summed E-state index contributed by atoms with van der Waals surface area (Å²) in [6, 6.07) is 0. The van der Waals surface area contributed by atoms with Crippen LogP contribution in [-0.2, 0) is 43.2 Å². The van der Waals surface area contributed by atoms with Crippen LogP contribution in [0.5, 0.6) is 0 Å². The normalized spacial score (nSPS) is 42.8. The van der Waals surface area contributed by atoms with Gasteiger partial charge in [-0.2, -0.15) is 8.42 Å². The number of carbonyl (C=O) groups is 4. The molecule has 11 heteroatoms. The number of Topliss-reactive ketones (excluding diaryl/α,β-unsaturated/α-hetero) is 1. The van der Waals surface area contributed by atoms with E-state index in [1.807, 2.05) is 13.0 Å². The Labute approximate surface area is 273 Å². The van der Waals surface area contributed by atoms with E-state index in [2.05, 4.69) is 44.5 Å². The number of hydrogen-bond acceptors (Lipinski definition) is 9. The molecule has 5 rings (SSSR count). The summed E-state index contributed by atoms with van der Waals surface area (Å²) in [6.45, 7) is 18.4. The van der Waals surface area contributed by atoms with Crippen LogP contribution < -0.4 is 0 Å². The van der Waals surface area contributed by atoms with Crippen molar-refractivity contribution in [3.8, 4) is 0 Å². The maximum Gasteiger partial charge on any atom is 0.397 e. The van der Waals surface area contributed by atoms with E-state index in [4.69, 9.17) is 14.0 Å². The van der Waals surface area contributed by atoms with Crippen LogP contribution in [0.1, 0.15) is 87.5 Å². The zero-order valence-electron chi connectivity index (χ0n) is 28.3. The molecule has 0 aromatic heterocycles. The molecule has 0 aliphatic heterocycles. The first-order chi connectivity index (χ1) is 21.2.